The summed E-state index contributed by atoms with van der Waals surface area (Å²) in [6.07, 6.45) is 1.99. The second-order valence-electron chi connectivity index (χ2n) is 7.80. The molecule has 172 valence electrons. The van der Waals surface area contributed by atoms with E-state index in [1.54, 1.807) is 25.1 Å². The largest absolute Gasteiger partial charge is 0.462 e. The van der Waals surface area contributed by atoms with Crippen LogP contribution in [0.1, 0.15) is 46.2 Å². The molecule has 1 aliphatic rings. The zero-order chi connectivity index (χ0) is 23.5. The van der Waals surface area contributed by atoms with E-state index in [1.165, 1.54) is 4.68 Å². The Morgan fingerprint density at radius 1 is 1.09 bits per heavy atom. The van der Waals surface area contributed by atoms with Gasteiger partial charge in [0, 0.05) is 23.7 Å². The van der Waals surface area contributed by atoms with E-state index in [2.05, 4.69) is 10.5 Å². The molecule has 0 unspecified atom stereocenters. The second kappa shape index (κ2) is 9.95. The minimum Gasteiger partial charge on any atom is -0.462 e. The Kier molecular flexibility index (Phi) is 7.02. The number of hydrazine groups is 1. The molecule has 0 bridgehead atoms. The van der Waals surface area contributed by atoms with Crippen molar-refractivity contribution >= 4 is 35.1 Å². The number of carbonyl (C=O) groups excluding carboxylic acids is 2. The summed E-state index contributed by atoms with van der Waals surface area (Å²) >= 11 is 12.6. The van der Waals surface area contributed by atoms with Crippen LogP contribution in [0.4, 0.5) is 0 Å². The number of aryl methyl sites for hydroxylation is 1. The van der Waals surface area contributed by atoms with Gasteiger partial charge in [-0.3, -0.25) is 10.2 Å². The minimum atomic E-state index is -0.629. The number of esters is 1. The van der Waals surface area contributed by atoms with Crippen molar-refractivity contribution in [3.63, 3.8) is 0 Å². The molecule has 3 aromatic rings. The summed E-state index contributed by atoms with van der Waals surface area (Å²) in [5, 5.41) is 7.19. The standard InChI is InChI=1S/C24H24Cl2N4O3/c1-3-33-24(32)20-21(23(31)28-29-12-4-5-13-29)27-30(19-11-10-17(25)14-18(19)26)22(20)16-8-6-15(2)7-9-16/h6-11,14H,3-5,12-13H2,1-2H3,(H,28,31). The first-order valence-electron chi connectivity index (χ1n) is 10.8. The molecule has 0 spiro atoms. The van der Waals surface area contributed by atoms with Crippen LogP contribution < -0.4 is 5.43 Å². The molecule has 33 heavy (non-hydrogen) atoms. The second-order valence-corrected chi connectivity index (χ2v) is 8.64. The van der Waals surface area contributed by atoms with Gasteiger partial charge in [0.2, 0.25) is 0 Å². The summed E-state index contributed by atoms with van der Waals surface area (Å²) in [6, 6.07) is 12.6. The van der Waals surface area contributed by atoms with Crippen molar-refractivity contribution in [2.24, 2.45) is 0 Å². The summed E-state index contributed by atoms with van der Waals surface area (Å²) < 4.78 is 6.84. The Morgan fingerprint density at radius 2 is 1.79 bits per heavy atom. The fourth-order valence-electron chi connectivity index (χ4n) is 3.80. The SMILES string of the molecule is CCOC(=O)c1c(C(=O)NN2CCCC2)nn(-c2ccc(Cl)cc2Cl)c1-c1ccc(C)cc1. The van der Waals surface area contributed by atoms with Crippen LogP contribution in [0, 0.1) is 6.92 Å². The van der Waals surface area contributed by atoms with Crippen LogP contribution in [0.25, 0.3) is 16.9 Å². The number of hydrogen-bond donors (Lipinski definition) is 1. The van der Waals surface area contributed by atoms with Crippen LogP contribution in [0.2, 0.25) is 10.0 Å². The number of nitrogens with zero attached hydrogens (tertiary/aromatic N) is 3. The van der Waals surface area contributed by atoms with Crippen LogP contribution in [-0.4, -0.2) is 46.4 Å². The van der Waals surface area contributed by atoms with E-state index >= 15 is 0 Å². The van der Waals surface area contributed by atoms with Crippen molar-refractivity contribution in [3.8, 4) is 16.9 Å². The first-order valence-corrected chi connectivity index (χ1v) is 11.5. The van der Waals surface area contributed by atoms with Gasteiger partial charge in [-0.25, -0.2) is 14.5 Å². The van der Waals surface area contributed by atoms with Gasteiger partial charge in [0.1, 0.15) is 5.56 Å². The molecule has 2 heterocycles. The molecule has 1 aromatic heterocycles. The van der Waals surface area contributed by atoms with Crippen molar-refractivity contribution in [2.45, 2.75) is 26.7 Å². The minimum absolute atomic E-state index is 0.0260. The topological polar surface area (TPSA) is 76.5 Å². The Hall–Kier alpha value is -2.87. The molecular formula is C24H24Cl2N4O3. The molecule has 4 rings (SSSR count). The van der Waals surface area contributed by atoms with Gasteiger partial charge < -0.3 is 4.74 Å². The number of aromatic nitrogens is 2. The average molecular weight is 487 g/mol. The van der Waals surface area contributed by atoms with Crippen molar-refractivity contribution in [2.75, 3.05) is 19.7 Å². The van der Waals surface area contributed by atoms with Gasteiger partial charge in [0.15, 0.2) is 5.69 Å². The van der Waals surface area contributed by atoms with Gasteiger partial charge >= 0.3 is 5.97 Å². The maximum atomic E-state index is 13.3. The number of ether oxygens (including phenoxy) is 1. The van der Waals surface area contributed by atoms with E-state index in [-0.39, 0.29) is 17.9 Å². The first-order chi connectivity index (χ1) is 15.9. The molecule has 1 aliphatic heterocycles. The summed E-state index contributed by atoms with van der Waals surface area (Å²) in [5.41, 5.74) is 5.59. The van der Waals surface area contributed by atoms with E-state index < -0.39 is 11.9 Å². The molecule has 0 radical (unpaired) electrons. The Labute approximate surface area is 202 Å². The van der Waals surface area contributed by atoms with Crippen LogP contribution in [0.5, 0.6) is 0 Å². The van der Waals surface area contributed by atoms with E-state index in [4.69, 9.17) is 27.9 Å². The van der Waals surface area contributed by atoms with E-state index in [0.717, 1.165) is 31.5 Å². The molecule has 0 aliphatic carbocycles. The van der Waals surface area contributed by atoms with Gasteiger partial charge in [-0.05, 0) is 44.9 Å². The molecule has 7 nitrogen and oxygen atoms in total. The Bertz CT molecular complexity index is 1190. The molecule has 9 heteroatoms. The quantitative estimate of drug-likeness (QED) is 0.492. The molecule has 1 fully saturated rings. The molecule has 0 saturated carbocycles. The molecular weight excluding hydrogens is 463 g/mol. The third-order valence-electron chi connectivity index (χ3n) is 5.41. The average Bonchev–Trinajstić information content (AvgIpc) is 3.42. The summed E-state index contributed by atoms with van der Waals surface area (Å²) in [6.45, 7) is 5.34. The van der Waals surface area contributed by atoms with Gasteiger partial charge in [-0.1, -0.05) is 53.0 Å². The zero-order valence-electron chi connectivity index (χ0n) is 18.4. The maximum absolute atomic E-state index is 13.3. The Balaban J connectivity index is 1.94. The number of halogens is 2. The van der Waals surface area contributed by atoms with Gasteiger partial charge in [0.25, 0.3) is 5.91 Å². The lowest BCUT2D eigenvalue weighted by atomic mass is 10.0. The highest BCUT2D eigenvalue weighted by atomic mass is 35.5. The predicted molar refractivity (Wildman–Crippen MR) is 128 cm³/mol. The number of benzene rings is 2. The third-order valence-corrected chi connectivity index (χ3v) is 5.95. The molecule has 2 aromatic carbocycles. The van der Waals surface area contributed by atoms with Crippen molar-refractivity contribution in [1.29, 1.82) is 0 Å². The first kappa shape index (κ1) is 23.3. The number of amides is 1. The lowest BCUT2D eigenvalue weighted by molar-refractivity contribution is 0.0521. The lowest BCUT2D eigenvalue weighted by Gasteiger charge is -2.15. The van der Waals surface area contributed by atoms with Crippen LogP contribution in [0.3, 0.4) is 0 Å². The van der Waals surface area contributed by atoms with Crippen molar-refractivity contribution in [3.05, 3.63) is 69.3 Å². The number of nitrogens with one attached hydrogen (secondary N) is 1. The summed E-state index contributed by atoms with van der Waals surface area (Å²) in [7, 11) is 0. The van der Waals surface area contributed by atoms with Crippen molar-refractivity contribution in [1.82, 2.24) is 20.2 Å². The zero-order valence-corrected chi connectivity index (χ0v) is 19.9. The summed E-state index contributed by atoms with van der Waals surface area (Å²) in [4.78, 5) is 26.4. The van der Waals surface area contributed by atoms with Gasteiger partial charge in [0.05, 0.1) is 23.0 Å². The predicted octanol–water partition coefficient (Wildman–Crippen LogP) is 5.07. The van der Waals surface area contributed by atoms with Gasteiger partial charge in [-0.2, -0.15) is 5.10 Å². The number of carbonyl (C=O) groups is 2. The fraction of sp³-hybridized carbons (Fsp3) is 0.292. The van der Waals surface area contributed by atoms with E-state index in [1.807, 2.05) is 36.2 Å². The number of hydrogen-bond acceptors (Lipinski definition) is 5. The monoisotopic (exact) mass is 486 g/mol. The van der Waals surface area contributed by atoms with Crippen LogP contribution in [0.15, 0.2) is 42.5 Å². The normalized spacial score (nSPS) is 13.8. The van der Waals surface area contributed by atoms with E-state index in [0.29, 0.717) is 27.0 Å². The highest BCUT2D eigenvalue weighted by Crippen LogP contribution is 2.34. The van der Waals surface area contributed by atoms with E-state index in [9.17, 15) is 9.59 Å². The van der Waals surface area contributed by atoms with Crippen LogP contribution in [-0.2, 0) is 4.74 Å². The van der Waals surface area contributed by atoms with Gasteiger partial charge in [-0.15, -0.1) is 0 Å². The maximum Gasteiger partial charge on any atom is 0.342 e. The molecule has 1 saturated heterocycles. The molecule has 0 atom stereocenters. The fourth-order valence-corrected chi connectivity index (χ4v) is 4.29. The lowest BCUT2D eigenvalue weighted by Crippen LogP contribution is -2.40. The smallest absolute Gasteiger partial charge is 0.342 e. The summed E-state index contributed by atoms with van der Waals surface area (Å²) in [5.74, 6) is -1.10. The molecule has 1 amide bonds. The number of rotatable bonds is 6. The Morgan fingerprint density at radius 3 is 2.42 bits per heavy atom. The third kappa shape index (κ3) is 4.90. The highest BCUT2D eigenvalue weighted by molar-refractivity contribution is 6.35. The van der Waals surface area contributed by atoms with Crippen molar-refractivity contribution < 1.29 is 14.3 Å². The molecule has 1 N–H and O–H groups in total. The van der Waals surface area contributed by atoms with Crippen LogP contribution >= 0.6 is 23.2 Å². The highest BCUT2D eigenvalue weighted by Gasteiger charge is 2.32.